The van der Waals surface area contributed by atoms with Gasteiger partial charge < -0.3 is 10.1 Å². The van der Waals surface area contributed by atoms with Crippen molar-refractivity contribution in [2.75, 3.05) is 18.9 Å². The van der Waals surface area contributed by atoms with Gasteiger partial charge in [0.05, 0.1) is 0 Å². The molecule has 0 radical (unpaired) electrons. The first-order chi connectivity index (χ1) is 12.3. The topological polar surface area (TPSA) is 62.1 Å². The number of carbonyl (C=O) groups excluding carboxylic acids is 1. The zero-order valence-electron chi connectivity index (χ0n) is 13.9. The number of hydrogen-bond acceptors (Lipinski definition) is 4. The highest BCUT2D eigenvalue weighted by atomic mass is 32.2. The van der Waals surface area contributed by atoms with Crippen LogP contribution in [0.5, 0.6) is 5.75 Å². The van der Waals surface area contributed by atoms with Crippen molar-refractivity contribution in [3.8, 4) is 11.8 Å². The summed E-state index contributed by atoms with van der Waals surface area (Å²) in [7, 11) is 0. The monoisotopic (exact) mass is 352 g/mol. The standard InChI is InChI=1S/C20H20N2O2S/c21-12-14-24-19-9-6-17(7-10-19)8-11-20(23)22-13-15-25-16-18-4-2-1-3-5-18/h1-11H,13-16H2,(H,22,23)/b11-8+. The lowest BCUT2D eigenvalue weighted by molar-refractivity contribution is -0.116. The molecule has 0 aliphatic carbocycles. The zero-order valence-corrected chi connectivity index (χ0v) is 14.7. The van der Waals surface area contributed by atoms with E-state index < -0.39 is 0 Å². The fourth-order valence-corrected chi connectivity index (χ4v) is 2.85. The molecule has 0 heterocycles. The number of nitrogens with one attached hydrogen (secondary N) is 1. The van der Waals surface area contributed by atoms with Crippen molar-refractivity contribution in [3.05, 3.63) is 71.8 Å². The molecule has 0 saturated carbocycles. The van der Waals surface area contributed by atoms with Crippen LogP contribution in [0.25, 0.3) is 6.08 Å². The van der Waals surface area contributed by atoms with Crippen LogP contribution in [0.1, 0.15) is 11.1 Å². The first kappa shape index (κ1) is 18.6. The van der Waals surface area contributed by atoms with Gasteiger partial charge in [0.15, 0.2) is 6.61 Å². The molecule has 5 heteroatoms. The number of ether oxygens (including phenoxy) is 1. The molecule has 0 aromatic heterocycles. The summed E-state index contributed by atoms with van der Waals surface area (Å²) < 4.78 is 5.18. The van der Waals surface area contributed by atoms with Gasteiger partial charge in [0, 0.05) is 24.1 Å². The van der Waals surface area contributed by atoms with Crippen LogP contribution < -0.4 is 10.1 Å². The van der Waals surface area contributed by atoms with Crippen LogP contribution in [0, 0.1) is 11.3 Å². The van der Waals surface area contributed by atoms with Gasteiger partial charge in [-0.2, -0.15) is 17.0 Å². The van der Waals surface area contributed by atoms with Gasteiger partial charge in [-0.15, -0.1) is 0 Å². The smallest absolute Gasteiger partial charge is 0.244 e. The van der Waals surface area contributed by atoms with Gasteiger partial charge in [0.25, 0.3) is 0 Å². The molecule has 0 fully saturated rings. The lowest BCUT2D eigenvalue weighted by Crippen LogP contribution is -2.23. The molecule has 2 aromatic carbocycles. The number of rotatable bonds is 9. The highest BCUT2D eigenvalue weighted by molar-refractivity contribution is 7.98. The summed E-state index contributed by atoms with van der Waals surface area (Å²) in [5.41, 5.74) is 2.19. The predicted molar refractivity (Wildman–Crippen MR) is 102 cm³/mol. The van der Waals surface area contributed by atoms with Gasteiger partial charge in [0.1, 0.15) is 11.8 Å². The van der Waals surface area contributed by atoms with Crippen molar-refractivity contribution in [3.63, 3.8) is 0 Å². The fourth-order valence-electron chi connectivity index (χ4n) is 2.03. The predicted octanol–water partition coefficient (Wildman–Crippen LogP) is 3.65. The summed E-state index contributed by atoms with van der Waals surface area (Å²) in [6.45, 7) is 0.668. The Labute approximate surface area is 152 Å². The maximum Gasteiger partial charge on any atom is 0.244 e. The average molecular weight is 352 g/mol. The minimum Gasteiger partial charge on any atom is -0.479 e. The van der Waals surface area contributed by atoms with Gasteiger partial charge in [-0.3, -0.25) is 4.79 Å². The van der Waals surface area contributed by atoms with Crippen LogP contribution in [0.2, 0.25) is 0 Å². The average Bonchev–Trinajstić information content (AvgIpc) is 2.66. The molecule has 0 atom stereocenters. The van der Waals surface area contributed by atoms with Gasteiger partial charge >= 0.3 is 0 Å². The second-order valence-electron chi connectivity index (χ2n) is 5.18. The Hall–Kier alpha value is -2.71. The van der Waals surface area contributed by atoms with E-state index in [-0.39, 0.29) is 12.5 Å². The van der Waals surface area contributed by atoms with Gasteiger partial charge in [-0.25, -0.2) is 0 Å². The van der Waals surface area contributed by atoms with Crippen molar-refractivity contribution >= 4 is 23.7 Å². The quantitative estimate of drug-likeness (QED) is 0.553. The number of nitrogens with zero attached hydrogens (tertiary/aromatic N) is 1. The Morgan fingerprint density at radius 1 is 1.16 bits per heavy atom. The number of hydrogen-bond donors (Lipinski definition) is 1. The van der Waals surface area contributed by atoms with Crippen molar-refractivity contribution < 1.29 is 9.53 Å². The molecule has 2 aromatic rings. The largest absolute Gasteiger partial charge is 0.479 e. The molecule has 0 bridgehead atoms. The highest BCUT2D eigenvalue weighted by Crippen LogP contribution is 2.13. The molecule has 4 nitrogen and oxygen atoms in total. The maximum atomic E-state index is 11.8. The highest BCUT2D eigenvalue weighted by Gasteiger charge is 1.97. The van der Waals surface area contributed by atoms with E-state index in [1.807, 2.05) is 36.4 Å². The van der Waals surface area contributed by atoms with Crippen molar-refractivity contribution in [2.45, 2.75) is 5.75 Å². The Morgan fingerprint density at radius 3 is 2.64 bits per heavy atom. The molecule has 0 aliphatic heterocycles. The third-order valence-electron chi connectivity index (χ3n) is 3.27. The van der Waals surface area contributed by atoms with E-state index in [9.17, 15) is 4.79 Å². The maximum absolute atomic E-state index is 11.8. The second-order valence-corrected chi connectivity index (χ2v) is 6.28. The summed E-state index contributed by atoms with van der Waals surface area (Å²) >= 11 is 1.80. The van der Waals surface area contributed by atoms with Gasteiger partial charge in [0.2, 0.25) is 5.91 Å². The molecule has 0 unspecified atom stereocenters. The Kier molecular flexibility index (Phi) is 8.16. The minimum atomic E-state index is -0.106. The SMILES string of the molecule is N#CCOc1ccc(/C=C/C(=O)NCCSCc2ccccc2)cc1. The lowest BCUT2D eigenvalue weighted by atomic mass is 10.2. The van der Waals surface area contributed by atoms with Crippen molar-refractivity contribution in [2.24, 2.45) is 0 Å². The molecular weight excluding hydrogens is 332 g/mol. The van der Waals surface area contributed by atoms with Gasteiger partial charge in [-0.05, 0) is 29.3 Å². The fraction of sp³-hybridized carbons (Fsp3) is 0.200. The Bertz CT molecular complexity index is 722. The van der Waals surface area contributed by atoms with E-state index in [1.54, 1.807) is 30.0 Å². The first-order valence-corrected chi connectivity index (χ1v) is 9.11. The first-order valence-electron chi connectivity index (χ1n) is 7.95. The molecular formula is C20H20N2O2S. The van der Waals surface area contributed by atoms with Crippen molar-refractivity contribution in [1.82, 2.24) is 5.32 Å². The molecule has 0 saturated heterocycles. The Morgan fingerprint density at radius 2 is 1.92 bits per heavy atom. The minimum absolute atomic E-state index is 0.0277. The summed E-state index contributed by atoms with van der Waals surface area (Å²) in [5.74, 6) is 2.36. The summed E-state index contributed by atoms with van der Waals surface area (Å²) in [6.07, 6.45) is 3.27. The molecule has 25 heavy (non-hydrogen) atoms. The normalized spacial score (nSPS) is 10.4. The third kappa shape index (κ3) is 7.60. The number of amides is 1. The van der Waals surface area contributed by atoms with E-state index in [4.69, 9.17) is 10.00 Å². The zero-order chi connectivity index (χ0) is 17.7. The lowest BCUT2D eigenvalue weighted by Gasteiger charge is -2.03. The number of benzene rings is 2. The molecule has 0 spiro atoms. The van der Waals surface area contributed by atoms with Crippen LogP contribution in [-0.4, -0.2) is 24.8 Å². The Balaban J connectivity index is 1.64. The van der Waals surface area contributed by atoms with Crippen LogP contribution in [0.15, 0.2) is 60.7 Å². The van der Waals surface area contributed by atoms with Crippen LogP contribution >= 0.6 is 11.8 Å². The van der Waals surface area contributed by atoms with Crippen LogP contribution in [0.4, 0.5) is 0 Å². The van der Waals surface area contributed by atoms with Crippen LogP contribution in [0.3, 0.4) is 0 Å². The number of nitriles is 1. The van der Waals surface area contributed by atoms with E-state index in [0.717, 1.165) is 17.1 Å². The van der Waals surface area contributed by atoms with Gasteiger partial charge in [-0.1, -0.05) is 42.5 Å². The molecule has 128 valence electrons. The number of carbonyl (C=O) groups is 1. The molecule has 1 amide bonds. The molecule has 0 aliphatic rings. The number of thioether (sulfide) groups is 1. The summed E-state index contributed by atoms with van der Waals surface area (Å²) in [5, 5.41) is 11.3. The second kappa shape index (κ2) is 11.0. The molecule has 2 rings (SSSR count). The summed E-state index contributed by atoms with van der Waals surface area (Å²) in [4.78, 5) is 11.8. The van der Waals surface area contributed by atoms with E-state index >= 15 is 0 Å². The third-order valence-corrected chi connectivity index (χ3v) is 4.30. The van der Waals surface area contributed by atoms with Crippen molar-refractivity contribution in [1.29, 1.82) is 5.26 Å². The van der Waals surface area contributed by atoms with E-state index in [2.05, 4.69) is 17.4 Å². The van der Waals surface area contributed by atoms with Crippen LogP contribution in [-0.2, 0) is 10.5 Å². The summed E-state index contributed by atoms with van der Waals surface area (Å²) in [6, 6.07) is 19.4. The molecule has 1 N–H and O–H groups in total. The van der Waals surface area contributed by atoms with E-state index in [0.29, 0.717) is 12.3 Å². The van der Waals surface area contributed by atoms with E-state index in [1.165, 1.54) is 11.6 Å².